The van der Waals surface area contributed by atoms with E-state index in [4.69, 9.17) is 0 Å². The van der Waals surface area contributed by atoms with E-state index in [0.717, 1.165) is 0 Å². The van der Waals surface area contributed by atoms with Gasteiger partial charge in [0.15, 0.2) is 0 Å². The lowest BCUT2D eigenvalue weighted by Gasteiger charge is -2.05. The molecule has 0 radical (unpaired) electrons. The molecule has 18 heavy (non-hydrogen) atoms. The van der Waals surface area contributed by atoms with Crippen LogP contribution in [-0.4, -0.2) is 31.0 Å². The number of nitrogens with one attached hydrogen (secondary N) is 2. The fraction of sp³-hybridized carbons (Fsp3) is 0.300. The SMILES string of the molecule is CNCCNC(=O)c1ccc(Br)cc1[N+](=O)[O-].Cl. The number of hydrogen-bond donors (Lipinski definition) is 2. The molecule has 1 aromatic carbocycles. The molecule has 1 amide bonds. The number of amides is 1. The van der Waals surface area contributed by atoms with E-state index >= 15 is 0 Å². The van der Waals surface area contributed by atoms with E-state index in [0.29, 0.717) is 17.6 Å². The van der Waals surface area contributed by atoms with Gasteiger partial charge in [-0.15, -0.1) is 12.4 Å². The molecule has 0 aromatic heterocycles. The molecular weight excluding hydrogens is 325 g/mol. The molecule has 0 atom stereocenters. The number of rotatable bonds is 5. The third-order valence-corrected chi connectivity index (χ3v) is 2.55. The standard InChI is InChI=1S/C10H12BrN3O3.ClH/c1-12-4-5-13-10(15)8-3-2-7(11)6-9(8)14(16)17;/h2-3,6,12H,4-5H2,1H3,(H,13,15);1H. The summed E-state index contributed by atoms with van der Waals surface area (Å²) in [4.78, 5) is 21.9. The van der Waals surface area contributed by atoms with Crippen LogP contribution in [-0.2, 0) is 0 Å². The summed E-state index contributed by atoms with van der Waals surface area (Å²) in [5.74, 6) is -0.445. The average Bonchev–Trinajstić information content (AvgIpc) is 2.29. The van der Waals surface area contributed by atoms with Crippen molar-refractivity contribution in [3.63, 3.8) is 0 Å². The summed E-state index contributed by atoms with van der Waals surface area (Å²) in [5.41, 5.74) is -0.143. The number of benzene rings is 1. The molecule has 0 fully saturated rings. The topological polar surface area (TPSA) is 84.3 Å². The number of hydrogen-bond acceptors (Lipinski definition) is 4. The first-order valence-corrected chi connectivity index (χ1v) is 5.72. The molecule has 1 rings (SSSR count). The molecule has 0 spiro atoms. The molecule has 0 bridgehead atoms. The van der Waals surface area contributed by atoms with Crippen LogP contribution in [0.4, 0.5) is 5.69 Å². The predicted molar refractivity (Wildman–Crippen MR) is 74.3 cm³/mol. The minimum Gasteiger partial charge on any atom is -0.351 e. The fourth-order valence-corrected chi connectivity index (χ4v) is 1.59. The van der Waals surface area contributed by atoms with Gasteiger partial charge in [-0.2, -0.15) is 0 Å². The highest BCUT2D eigenvalue weighted by Crippen LogP contribution is 2.23. The summed E-state index contributed by atoms with van der Waals surface area (Å²) in [6.07, 6.45) is 0. The zero-order valence-corrected chi connectivity index (χ0v) is 12.0. The first kappa shape index (κ1) is 16.8. The second-order valence-corrected chi connectivity index (χ2v) is 4.19. The van der Waals surface area contributed by atoms with Gasteiger partial charge < -0.3 is 10.6 Å². The van der Waals surface area contributed by atoms with E-state index < -0.39 is 10.8 Å². The number of likely N-dealkylation sites (N-methyl/N-ethyl adjacent to an activating group) is 1. The van der Waals surface area contributed by atoms with Gasteiger partial charge in [-0.1, -0.05) is 15.9 Å². The Morgan fingerprint density at radius 1 is 1.44 bits per heavy atom. The zero-order valence-electron chi connectivity index (χ0n) is 9.60. The molecule has 0 heterocycles. The number of carbonyl (C=O) groups excluding carboxylic acids is 1. The van der Waals surface area contributed by atoms with E-state index in [1.165, 1.54) is 12.1 Å². The van der Waals surface area contributed by atoms with E-state index in [-0.39, 0.29) is 23.7 Å². The molecule has 1 aromatic rings. The van der Waals surface area contributed by atoms with E-state index in [2.05, 4.69) is 26.6 Å². The summed E-state index contributed by atoms with van der Waals surface area (Å²) >= 11 is 3.13. The summed E-state index contributed by atoms with van der Waals surface area (Å²) in [6, 6.07) is 4.34. The molecule has 6 nitrogen and oxygen atoms in total. The van der Waals surface area contributed by atoms with Crippen molar-refractivity contribution in [2.45, 2.75) is 0 Å². The Kier molecular flexibility index (Phi) is 7.49. The summed E-state index contributed by atoms with van der Waals surface area (Å²) in [5, 5.41) is 16.3. The Balaban J connectivity index is 0.00000289. The van der Waals surface area contributed by atoms with Crippen LogP contribution in [0.1, 0.15) is 10.4 Å². The summed E-state index contributed by atoms with van der Waals surface area (Å²) in [6.45, 7) is 1.03. The lowest BCUT2D eigenvalue weighted by atomic mass is 10.1. The van der Waals surface area contributed by atoms with Crippen molar-refractivity contribution in [3.8, 4) is 0 Å². The summed E-state index contributed by atoms with van der Waals surface area (Å²) in [7, 11) is 1.76. The molecule has 0 aliphatic rings. The van der Waals surface area contributed by atoms with E-state index in [1.807, 2.05) is 0 Å². The van der Waals surface area contributed by atoms with Crippen molar-refractivity contribution in [2.24, 2.45) is 0 Å². The van der Waals surface area contributed by atoms with Gasteiger partial charge in [0.2, 0.25) is 0 Å². The van der Waals surface area contributed by atoms with Gasteiger partial charge in [0.1, 0.15) is 5.56 Å². The normalized spacial score (nSPS) is 9.44. The number of carbonyl (C=O) groups is 1. The zero-order chi connectivity index (χ0) is 12.8. The van der Waals surface area contributed by atoms with Crippen LogP contribution in [0.2, 0.25) is 0 Å². The minimum absolute atomic E-state index is 0. The largest absolute Gasteiger partial charge is 0.351 e. The first-order chi connectivity index (χ1) is 8.06. The molecule has 0 saturated heterocycles. The number of halogens is 2. The number of nitrogens with zero attached hydrogens (tertiary/aromatic N) is 1. The number of nitro benzene ring substituents is 1. The molecule has 0 saturated carbocycles. The highest BCUT2D eigenvalue weighted by atomic mass is 79.9. The van der Waals surface area contributed by atoms with Gasteiger partial charge in [0, 0.05) is 23.6 Å². The van der Waals surface area contributed by atoms with Gasteiger partial charge in [-0.05, 0) is 19.2 Å². The molecule has 100 valence electrons. The van der Waals surface area contributed by atoms with Gasteiger partial charge in [0.25, 0.3) is 11.6 Å². The lowest BCUT2D eigenvalue weighted by molar-refractivity contribution is -0.385. The second-order valence-electron chi connectivity index (χ2n) is 3.28. The maximum absolute atomic E-state index is 11.7. The Labute approximate surface area is 119 Å². The Morgan fingerprint density at radius 2 is 2.11 bits per heavy atom. The Morgan fingerprint density at radius 3 is 2.67 bits per heavy atom. The van der Waals surface area contributed by atoms with Gasteiger partial charge >= 0.3 is 0 Å². The molecule has 2 N–H and O–H groups in total. The van der Waals surface area contributed by atoms with Crippen LogP contribution in [0.5, 0.6) is 0 Å². The van der Waals surface area contributed by atoms with Crippen molar-refractivity contribution in [2.75, 3.05) is 20.1 Å². The third kappa shape index (κ3) is 4.59. The van der Waals surface area contributed by atoms with E-state index in [1.54, 1.807) is 13.1 Å². The number of nitro groups is 1. The van der Waals surface area contributed by atoms with Crippen LogP contribution in [0.15, 0.2) is 22.7 Å². The van der Waals surface area contributed by atoms with Gasteiger partial charge in [0.05, 0.1) is 4.92 Å². The van der Waals surface area contributed by atoms with Crippen LogP contribution in [0.3, 0.4) is 0 Å². The van der Waals surface area contributed by atoms with Crippen LogP contribution in [0, 0.1) is 10.1 Å². The third-order valence-electron chi connectivity index (χ3n) is 2.06. The first-order valence-electron chi connectivity index (χ1n) is 4.93. The fourth-order valence-electron chi connectivity index (χ4n) is 1.24. The average molecular weight is 339 g/mol. The molecule has 0 aliphatic heterocycles. The second kappa shape index (κ2) is 8.02. The highest BCUT2D eigenvalue weighted by Gasteiger charge is 2.19. The molecular formula is C10H13BrClN3O3. The quantitative estimate of drug-likeness (QED) is 0.486. The predicted octanol–water partition coefficient (Wildman–Crippen LogP) is 1.73. The summed E-state index contributed by atoms with van der Waals surface area (Å²) < 4.78 is 0.566. The Hall–Kier alpha value is -1.18. The van der Waals surface area contributed by atoms with Crippen molar-refractivity contribution >= 4 is 39.9 Å². The monoisotopic (exact) mass is 337 g/mol. The smallest absolute Gasteiger partial charge is 0.283 e. The molecule has 0 unspecified atom stereocenters. The maximum Gasteiger partial charge on any atom is 0.283 e. The Bertz CT molecular complexity index is 442. The van der Waals surface area contributed by atoms with Gasteiger partial charge in [-0.25, -0.2) is 0 Å². The van der Waals surface area contributed by atoms with Gasteiger partial charge in [-0.3, -0.25) is 14.9 Å². The van der Waals surface area contributed by atoms with Crippen LogP contribution < -0.4 is 10.6 Å². The van der Waals surface area contributed by atoms with Crippen molar-refractivity contribution < 1.29 is 9.72 Å². The van der Waals surface area contributed by atoms with Crippen LogP contribution in [0.25, 0.3) is 0 Å². The highest BCUT2D eigenvalue weighted by molar-refractivity contribution is 9.10. The van der Waals surface area contributed by atoms with Crippen LogP contribution >= 0.6 is 28.3 Å². The van der Waals surface area contributed by atoms with Crippen molar-refractivity contribution in [1.82, 2.24) is 10.6 Å². The molecule has 0 aliphatic carbocycles. The maximum atomic E-state index is 11.7. The van der Waals surface area contributed by atoms with Crippen molar-refractivity contribution in [1.29, 1.82) is 0 Å². The molecule has 8 heteroatoms. The van der Waals surface area contributed by atoms with E-state index in [9.17, 15) is 14.9 Å². The lowest BCUT2D eigenvalue weighted by Crippen LogP contribution is -2.30. The minimum atomic E-state index is -0.572. The van der Waals surface area contributed by atoms with Crippen molar-refractivity contribution in [3.05, 3.63) is 38.3 Å².